The summed E-state index contributed by atoms with van der Waals surface area (Å²) in [6.45, 7) is 4.91. The highest BCUT2D eigenvalue weighted by molar-refractivity contribution is 8.15. The number of amides is 2. The minimum absolute atomic E-state index is 0.0803. The van der Waals surface area contributed by atoms with Gasteiger partial charge in [-0.3, -0.25) is 19.4 Å². The highest BCUT2D eigenvalue weighted by Crippen LogP contribution is 2.43. The number of amidine groups is 1. The normalized spacial score (nSPS) is 19.9. The summed E-state index contributed by atoms with van der Waals surface area (Å²) in [4.78, 5) is 35.8. The van der Waals surface area contributed by atoms with Crippen LogP contribution in [0.15, 0.2) is 94.5 Å². The standard InChI is InChI=1S/C37H38N4O7S/c1-25-19-27(38-35(42)31-10-5-15-40(31)23-45-24-44-22-26-7-3-2-4-8-26)11-13-30(25)34-36(43)41(21-29-9-6-16-46-29)37(49-34)39-28-12-14-32-33(20-28)48-18-17-47-32/h2-4,6-9,11-14,16,19-20,31,34H,5,10,15,17-18,21-24H2,1H3,(H,38,42)/t31-,34?/m0/s1. The van der Waals surface area contributed by atoms with Crippen molar-refractivity contribution in [2.45, 2.75) is 44.2 Å². The molecular formula is C37H38N4O7S. The molecule has 0 bridgehead atoms. The van der Waals surface area contributed by atoms with Crippen LogP contribution in [0.3, 0.4) is 0 Å². The predicted octanol–water partition coefficient (Wildman–Crippen LogP) is 6.41. The van der Waals surface area contributed by atoms with Crippen molar-refractivity contribution < 1.29 is 33.0 Å². The van der Waals surface area contributed by atoms with Crippen LogP contribution in [0.1, 0.15) is 40.5 Å². The third-order valence-electron chi connectivity index (χ3n) is 8.61. The Bertz CT molecular complexity index is 1800. The van der Waals surface area contributed by atoms with Crippen LogP contribution in [0.4, 0.5) is 11.4 Å². The number of fused-ring (bicyclic) bond motifs is 1. The average Bonchev–Trinajstić information content (AvgIpc) is 3.88. The number of hydrogen-bond donors (Lipinski definition) is 1. The fraction of sp³-hybridized carbons (Fsp3) is 0.324. The minimum Gasteiger partial charge on any atom is -0.486 e. The maximum absolute atomic E-state index is 13.9. The Hall–Kier alpha value is -4.62. The molecule has 1 N–H and O–H groups in total. The summed E-state index contributed by atoms with van der Waals surface area (Å²) in [6.07, 6.45) is 3.26. The number of carbonyl (C=O) groups is 2. The van der Waals surface area contributed by atoms with Gasteiger partial charge in [0.2, 0.25) is 11.8 Å². The van der Waals surface area contributed by atoms with E-state index < -0.39 is 5.25 Å². The van der Waals surface area contributed by atoms with E-state index in [4.69, 9.17) is 28.4 Å². The second-order valence-electron chi connectivity index (χ2n) is 12.0. The van der Waals surface area contributed by atoms with Crippen LogP contribution in [0, 0.1) is 6.92 Å². The van der Waals surface area contributed by atoms with E-state index in [1.807, 2.05) is 84.6 Å². The van der Waals surface area contributed by atoms with E-state index in [2.05, 4.69) is 5.32 Å². The van der Waals surface area contributed by atoms with Gasteiger partial charge in [0.1, 0.15) is 37.7 Å². The lowest BCUT2D eigenvalue weighted by Crippen LogP contribution is -2.40. The quantitative estimate of drug-likeness (QED) is 0.134. The largest absolute Gasteiger partial charge is 0.486 e. The molecule has 254 valence electrons. The lowest BCUT2D eigenvalue weighted by molar-refractivity contribution is -0.127. The molecule has 2 saturated heterocycles. The molecule has 4 heterocycles. The fourth-order valence-corrected chi connectivity index (χ4v) is 7.42. The molecule has 7 rings (SSSR count). The zero-order valence-electron chi connectivity index (χ0n) is 27.2. The van der Waals surface area contributed by atoms with Crippen molar-refractivity contribution in [2.24, 2.45) is 4.99 Å². The molecule has 12 heteroatoms. The van der Waals surface area contributed by atoms with Gasteiger partial charge in [-0.15, -0.1) is 0 Å². The lowest BCUT2D eigenvalue weighted by atomic mass is 10.0. The monoisotopic (exact) mass is 682 g/mol. The number of furan rings is 1. The van der Waals surface area contributed by atoms with E-state index >= 15 is 0 Å². The summed E-state index contributed by atoms with van der Waals surface area (Å²) < 4.78 is 28.4. The number of nitrogens with one attached hydrogen (secondary N) is 1. The Balaban J connectivity index is 1.00. The molecule has 0 aliphatic carbocycles. The molecule has 49 heavy (non-hydrogen) atoms. The van der Waals surface area contributed by atoms with E-state index in [0.717, 1.165) is 36.1 Å². The zero-order chi connectivity index (χ0) is 33.6. The molecule has 3 aromatic carbocycles. The van der Waals surface area contributed by atoms with Gasteiger partial charge in [-0.25, -0.2) is 4.99 Å². The van der Waals surface area contributed by atoms with Gasteiger partial charge in [0.15, 0.2) is 16.7 Å². The van der Waals surface area contributed by atoms with E-state index in [1.54, 1.807) is 17.2 Å². The van der Waals surface area contributed by atoms with Gasteiger partial charge >= 0.3 is 0 Å². The number of likely N-dealkylation sites (tertiary alicyclic amines) is 1. The SMILES string of the molecule is Cc1cc(NC(=O)[C@@H]2CCCN2COCOCc2ccccc2)ccc1C1SC(=Nc2ccc3c(c2)OCCO3)N(Cc2ccco2)C1=O. The first-order chi connectivity index (χ1) is 24.0. The summed E-state index contributed by atoms with van der Waals surface area (Å²) in [7, 11) is 0. The summed E-state index contributed by atoms with van der Waals surface area (Å²) in [5.74, 6) is 1.79. The first-order valence-corrected chi connectivity index (χ1v) is 17.2. The fourth-order valence-electron chi connectivity index (χ4n) is 6.15. The Kier molecular flexibility index (Phi) is 10.3. The number of anilines is 1. The number of thioether (sulfide) groups is 1. The molecular weight excluding hydrogens is 644 g/mol. The van der Waals surface area contributed by atoms with Crippen LogP contribution < -0.4 is 14.8 Å². The second-order valence-corrected chi connectivity index (χ2v) is 13.1. The van der Waals surface area contributed by atoms with Crippen LogP contribution >= 0.6 is 11.8 Å². The van der Waals surface area contributed by atoms with Crippen LogP contribution in [0.5, 0.6) is 11.5 Å². The van der Waals surface area contributed by atoms with Gasteiger partial charge in [-0.1, -0.05) is 48.2 Å². The Morgan fingerprint density at radius 1 is 1.00 bits per heavy atom. The molecule has 0 radical (unpaired) electrons. The highest BCUT2D eigenvalue weighted by Gasteiger charge is 2.40. The number of aliphatic imine (C=N–C) groups is 1. The molecule has 2 atom stereocenters. The summed E-state index contributed by atoms with van der Waals surface area (Å²) >= 11 is 1.39. The van der Waals surface area contributed by atoms with Gasteiger partial charge in [0.05, 0.1) is 31.1 Å². The van der Waals surface area contributed by atoms with Crippen LogP contribution in [0.2, 0.25) is 0 Å². The predicted molar refractivity (Wildman–Crippen MR) is 186 cm³/mol. The Morgan fingerprint density at radius 2 is 1.86 bits per heavy atom. The van der Waals surface area contributed by atoms with Crippen molar-refractivity contribution in [1.29, 1.82) is 0 Å². The van der Waals surface area contributed by atoms with Crippen molar-refractivity contribution in [3.8, 4) is 11.5 Å². The van der Waals surface area contributed by atoms with E-state index in [1.165, 1.54) is 11.8 Å². The third-order valence-corrected chi connectivity index (χ3v) is 9.82. The zero-order valence-corrected chi connectivity index (χ0v) is 28.0. The van der Waals surface area contributed by atoms with Crippen LogP contribution in [-0.2, 0) is 32.2 Å². The van der Waals surface area contributed by atoms with E-state index in [-0.39, 0.29) is 31.2 Å². The van der Waals surface area contributed by atoms with Crippen LogP contribution in [0.25, 0.3) is 0 Å². The highest BCUT2D eigenvalue weighted by atomic mass is 32.2. The Morgan fingerprint density at radius 3 is 2.67 bits per heavy atom. The summed E-state index contributed by atoms with van der Waals surface area (Å²) in [5.41, 5.74) is 4.17. The van der Waals surface area contributed by atoms with Crippen molar-refractivity contribution in [3.05, 3.63) is 108 Å². The second kappa shape index (κ2) is 15.3. The van der Waals surface area contributed by atoms with Crippen LogP contribution in [-0.4, -0.2) is 66.1 Å². The van der Waals surface area contributed by atoms with Gasteiger partial charge < -0.3 is 28.7 Å². The van der Waals surface area contributed by atoms with Gasteiger partial charge in [0, 0.05) is 18.3 Å². The van der Waals surface area contributed by atoms with Crippen molar-refractivity contribution in [1.82, 2.24) is 9.80 Å². The number of ether oxygens (including phenoxy) is 4. The molecule has 0 saturated carbocycles. The third kappa shape index (κ3) is 7.83. The van der Waals surface area contributed by atoms with Crippen molar-refractivity contribution in [3.63, 3.8) is 0 Å². The van der Waals surface area contributed by atoms with E-state index in [9.17, 15) is 9.59 Å². The summed E-state index contributed by atoms with van der Waals surface area (Å²) in [5, 5.41) is 3.14. The first-order valence-electron chi connectivity index (χ1n) is 16.4. The minimum atomic E-state index is -0.512. The summed E-state index contributed by atoms with van der Waals surface area (Å²) in [6, 6.07) is 24.5. The molecule has 3 aliphatic rings. The molecule has 3 aliphatic heterocycles. The molecule has 2 amide bonds. The van der Waals surface area contributed by atoms with Crippen molar-refractivity contribution >= 4 is 40.1 Å². The molecule has 11 nitrogen and oxygen atoms in total. The molecule has 1 unspecified atom stereocenters. The maximum atomic E-state index is 13.9. The molecule has 4 aromatic rings. The van der Waals surface area contributed by atoms with Crippen molar-refractivity contribution in [2.75, 3.05) is 38.6 Å². The number of benzene rings is 3. The number of rotatable bonds is 12. The first kappa shape index (κ1) is 32.9. The number of hydrogen-bond acceptors (Lipinski definition) is 10. The number of aryl methyl sites for hydroxylation is 1. The maximum Gasteiger partial charge on any atom is 0.247 e. The molecule has 0 spiro atoms. The van der Waals surface area contributed by atoms with Gasteiger partial charge in [-0.05, 0) is 72.9 Å². The Labute approximate surface area is 289 Å². The van der Waals surface area contributed by atoms with Gasteiger partial charge in [-0.2, -0.15) is 0 Å². The average molecular weight is 683 g/mol. The topological polar surface area (TPSA) is 115 Å². The van der Waals surface area contributed by atoms with Gasteiger partial charge in [0.25, 0.3) is 0 Å². The molecule has 2 fully saturated rings. The number of carbonyl (C=O) groups excluding carboxylic acids is 2. The smallest absolute Gasteiger partial charge is 0.247 e. The lowest BCUT2D eigenvalue weighted by Gasteiger charge is -2.23. The molecule has 1 aromatic heterocycles. The van der Waals surface area contributed by atoms with E-state index in [0.29, 0.717) is 60.4 Å². The number of nitrogens with zero attached hydrogens (tertiary/aromatic N) is 3.